The average molecular weight is 361 g/mol. The number of aromatic nitrogens is 1. The van der Waals surface area contributed by atoms with Gasteiger partial charge in [0.05, 0.1) is 31.3 Å². The number of para-hydroxylation sites is 2. The first kappa shape index (κ1) is 16.9. The summed E-state index contributed by atoms with van der Waals surface area (Å²) in [5.41, 5.74) is 0.929. The zero-order valence-electron chi connectivity index (χ0n) is 13.3. The van der Waals surface area contributed by atoms with Crippen molar-refractivity contribution in [1.82, 2.24) is 4.98 Å². The normalized spacial score (nSPS) is 17.0. The maximum Gasteiger partial charge on any atom is 0.309 e. The van der Waals surface area contributed by atoms with Crippen molar-refractivity contribution < 1.29 is 24.2 Å². The van der Waals surface area contributed by atoms with E-state index in [2.05, 4.69) is 10.3 Å². The predicted octanol–water partition coefficient (Wildman–Crippen LogP) is 1.52. The fourth-order valence-corrected chi connectivity index (χ4v) is 3.38. The minimum Gasteiger partial charge on any atom is -0.495 e. The summed E-state index contributed by atoms with van der Waals surface area (Å²) in [5.74, 6) is -1.26. The highest BCUT2D eigenvalue weighted by Crippen LogP contribution is 2.30. The highest BCUT2D eigenvalue weighted by Gasteiger charge is 2.41. The van der Waals surface area contributed by atoms with Gasteiger partial charge in [-0.1, -0.05) is 12.1 Å². The van der Waals surface area contributed by atoms with Crippen molar-refractivity contribution in [2.75, 3.05) is 17.3 Å². The average Bonchev–Trinajstić information content (AvgIpc) is 3.12. The number of imide groups is 1. The van der Waals surface area contributed by atoms with Crippen LogP contribution >= 0.6 is 11.3 Å². The molecule has 2 aromatic rings. The van der Waals surface area contributed by atoms with E-state index in [4.69, 9.17) is 9.84 Å². The van der Waals surface area contributed by atoms with Crippen LogP contribution in [0.25, 0.3) is 0 Å². The molecule has 2 heterocycles. The van der Waals surface area contributed by atoms with Gasteiger partial charge in [0.25, 0.3) is 5.91 Å². The summed E-state index contributed by atoms with van der Waals surface area (Å²) < 4.78 is 5.23. The van der Waals surface area contributed by atoms with Gasteiger partial charge in [0, 0.05) is 5.38 Å². The Bertz CT molecular complexity index is 835. The molecule has 8 nitrogen and oxygen atoms in total. The van der Waals surface area contributed by atoms with Gasteiger partial charge in [0.2, 0.25) is 5.91 Å². The minimum absolute atomic E-state index is 0.00920. The van der Waals surface area contributed by atoms with Crippen LogP contribution in [0.5, 0.6) is 5.75 Å². The quantitative estimate of drug-likeness (QED) is 0.751. The van der Waals surface area contributed by atoms with E-state index >= 15 is 0 Å². The minimum atomic E-state index is -1.02. The number of carbonyl (C=O) groups excluding carboxylic acids is 2. The number of benzene rings is 1. The number of carboxylic acid groups (broad SMARTS) is 1. The van der Waals surface area contributed by atoms with Crippen molar-refractivity contribution in [3.05, 3.63) is 35.3 Å². The molecule has 1 fully saturated rings. The fourth-order valence-electron chi connectivity index (χ4n) is 2.53. The lowest BCUT2D eigenvalue weighted by Gasteiger charge is -2.15. The Morgan fingerprint density at radius 3 is 2.92 bits per heavy atom. The SMILES string of the molecule is COc1ccccc1NC1CC(=O)N(c2nc(CC(=O)O)cs2)C1=O. The summed E-state index contributed by atoms with van der Waals surface area (Å²) >= 11 is 1.07. The number of methoxy groups -OCH3 is 1. The molecule has 130 valence electrons. The highest BCUT2D eigenvalue weighted by atomic mass is 32.1. The van der Waals surface area contributed by atoms with Gasteiger partial charge in [-0.3, -0.25) is 14.4 Å². The molecule has 1 unspecified atom stereocenters. The highest BCUT2D eigenvalue weighted by molar-refractivity contribution is 7.14. The molecular weight excluding hydrogens is 346 g/mol. The van der Waals surface area contributed by atoms with Crippen LogP contribution in [0, 0.1) is 0 Å². The smallest absolute Gasteiger partial charge is 0.309 e. The van der Waals surface area contributed by atoms with Crippen LogP contribution in [0.15, 0.2) is 29.6 Å². The third-order valence-electron chi connectivity index (χ3n) is 3.65. The number of rotatable bonds is 6. The molecule has 1 atom stereocenters. The summed E-state index contributed by atoms with van der Waals surface area (Å²) in [6, 6.07) is 6.38. The van der Waals surface area contributed by atoms with Crippen molar-refractivity contribution in [2.45, 2.75) is 18.9 Å². The molecule has 1 aromatic heterocycles. The molecule has 25 heavy (non-hydrogen) atoms. The second-order valence-electron chi connectivity index (χ2n) is 5.36. The maximum absolute atomic E-state index is 12.6. The van der Waals surface area contributed by atoms with E-state index in [0.29, 0.717) is 17.1 Å². The van der Waals surface area contributed by atoms with Gasteiger partial charge in [-0.05, 0) is 12.1 Å². The summed E-state index contributed by atoms with van der Waals surface area (Å²) in [7, 11) is 1.52. The van der Waals surface area contributed by atoms with Gasteiger partial charge >= 0.3 is 5.97 Å². The molecule has 2 N–H and O–H groups in total. The van der Waals surface area contributed by atoms with E-state index in [0.717, 1.165) is 16.2 Å². The molecule has 1 aliphatic rings. The van der Waals surface area contributed by atoms with E-state index in [-0.39, 0.29) is 23.9 Å². The van der Waals surface area contributed by atoms with Crippen LogP contribution in [0.2, 0.25) is 0 Å². The number of carbonyl (C=O) groups is 3. The lowest BCUT2D eigenvalue weighted by molar-refractivity contribution is -0.136. The molecule has 0 aliphatic carbocycles. The van der Waals surface area contributed by atoms with E-state index in [1.807, 2.05) is 0 Å². The number of carboxylic acids is 1. The molecule has 9 heteroatoms. The van der Waals surface area contributed by atoms with Crippen LogP contribution in [0.4, 0.5) is 10.8 Å². The second kappa shape index (κ2) is 6.89. The maximum atomic E-state index is 12.6. The molecule has 3 rings (SSSR count). The second-order valence-corrected chi connectivity index (χ2v) is 6.20. The van der Waals surface area contributed by atoms with E-state index in [1.54, 1.807) is 24.3 Å². The lowest BCUT2D eigenvalue weighted by atomic mass is 10.2. The van der Waals surface area contributed by atoms with Crippen molar-refractivity contribution in [3.63, 3.8) is 0 Å². The molecule has 0 saturated carbocycles. The summed E-state index contributed by atoms with van der Waals surface area (Å²) in [5, 5.41) is 13.5. The van der Waals surface area contributed by atoms with Crippen molar-refractivity contribution in [1.29, 1.82) is 0 Å². The van der Waals surface area contributed by atoms with E-state index in [9.17, 15) is 14.4 Å². The first-order valence-electron chi connectivity index (χ1n) is 7.42. The Labute approximate surface area is 147 Å². The Morgan fingerprint density at radius 1 is 1.44 bits per heavy atom. The number of nitrogens with zero attached hydrogens (tertiary/aromatic N) is 2. The molecule has 2 amide bonds. The van der Waals surface area contributed by atoms with Gasteiger partial charge in [0.1, 0.15) is 11.8 Å². The Morgan fingerprint density at radius 2 is 2.20 bits per heavy atom. The third-order valence-corrected chi connectivity index (χ3v) is 4.52. The fraction of sp³-hybridized carbons (Fsp3) is 0.250. The lowest BCUT2D eigenvalue weighted by Crippen LogP contribution is -2.34. The number of thiazole rings is 1. The largest absolute Gasteiger partial charge is 0.495 e. The number of nitrogens with one attached hydrogen (secondary N) is 1. The first-order chi connectivity index (χ1) is 12.0. The number of anilines is 2. The number of hydrogen-bond acceptors (Lipinski definition) is 7. The monoisotopic (exact) mass is 361 g/mol. The Balaban J connectivity index is 1.78. The standard InChI is InChI=1S/C16H15N3O5S/c1-24-12-5-3-2-4-10(12)18-11-7-13(20)19(15(11)23)16-17-9(8-25-16)6-14(21)22/h2-5,8,11,18H,6-7H2,1H3,(H,21,22). The van der Waals surface area contributed by atoms with Crippen molar-refractivity contribution in [3.8, 4) is 5.75 Å². The number of amides is 2. The molecule has 0 radical (unpaired) electrons. The van der Waals surface area contributed by atoms with E-state index in [1.165, 1.54) is 12.5 Å². The van der Waals surface area contributed by atoms with Crippen LogP contribution in [-0.4, -0.2) is 41.0 Å². The van der Waals surface area contributed by atoms with Crippen molar-refractivity contribution in [2.24, 2.45) is 0 Å². The number of aliphatic carboxylic acids is 1. The summed E-state index contributed by atoms with van der Waals surface area (Å²) in [4.78, 5) is 40.7. The number of hydrogen-bond donors (Lipinski definition) is 2. The van der Waals surface area contributed by atoms with Crippen LogP contribution < -0.4 is 15.0 Å². The molecular formula is C16H15N3O5S. The molecule has 1 aromatic carbocycles. The van der Waals surface area contributed by atoms with E-state index < -0.39 is 17.9 Å². The Kier molecular flexibility index (Phi) is 4.66. The van der Waals surface area contributed by atoms with Gasteiger partial charge in [0.15, 0.2) is 5.13 Å². The van der Waals surface area contributed by atoms with Gasteiger partial charge in [-0.2, -0.15) is 0 Å². The molecule has 1 saturated heterocycles. The zero-order chi connectivity index (χ0) is 18.0. The van der Waals surface area contributed by atoms with Crippen molar-refractivity contribution >= 4 is 39.9 Å². The molecule has 0 bridgehead atoms. The van der Waals surface area contributed by atoms with Crippen LogP contribution in [0.1, 0.15) is 12.1 Å². The van der Waals surface area contributed by atoms with Gasteiger partial charge in [-0.15, -0.1) is 11.3 Å². The third kappa shape index (κ3) is 3.45. The summed E-state index contributed by atoms with van der Waals surface area (Å²) in [6.07, 6.45) is -0.264. The first-order valence-corrected chi connectivity index (χ1v) is 8.30. The van der Waals surface area contributed by atoms with Crippen LogP contribution in [-0.2, 0) is 20.8 Å². The van der Waals surface area contributed by atoms with Gasteiger partial charge < -0.3 is 15.2 Å². The topological polar surface area (TPSA) is 109 Å². The molecule has 1 aliphatic heterocycles. The predicted molar refractivity (Wildman–Crippen MR) is 91.0 cm³/mol. The molecule has 0 spiro atoms. The Hall–Kier alpha value is -2.94. The zero-order valence-corrected chi connectivity index (χ0v) is 14.1. The van der Waals surface area contributed by atoms with Gasteiger partial charge in [-0.25, -0.2) is 9.88 Å². The summed E-state index contributed by atoms with van der Waals surface area (Å²) in [6.45, 7) is 0. The van der Waals surface area contributed by atoms with Crippen LogP contribution in [0.3, 0.4) is 0 Å². The number of ether oxygens (including phenoxy) is 1.